The molecule has 5 aromatic carbocycles. The van der Waals surface area contributed by atoms with Gasteiger partial charge in [-0.2, -0.15) is 0 Å². The number of rotatable bonds is 1. The van der Waals surface area contributed by atoms with Crippen LogP contribution in [0.2, 0.25) is 0 Å². The Hall–Kier alpha value is -3.10. The van der Waals surface area contributed by atoms with Crippen molar-refractivity contribution < 1.29 is 4.42 Å². The van der Waals surface area contributed by atoms with Gasteiger partial charge in [0.05, 0.1) is 0 Å². The van der Waals surface area contributed by atoms with Gasteiger partial charge < -0.3 is 4.42 Å². The lowest BCUT2D eigenvalue weighted by molar-refractivity contribution is 0.673. The molecule has 2 heteroatoms. The van der Waals surface area contributed by atoms with Gasteiger partial charge in [-0.15, -0.1) is 0 Å². The molecule has 0 unspecified atom stereocenters. The molecule has 0 saturated heterocycles. The summed E-state index contributed by atoms with van der Waals surface area (Å²) in [4.78, 5) is 0. The lowest BCUT2D eigenvalue weighted by atomic mass is 9.96. The molecule has 0 fully saturated rings. The first-order valence-electron chi connectivity index (χ1n) is 9.31. The van der Waals surface area contributed by atoms with Gasteiger partial charge in [0.15, 0.2) is 0 Å². The van der Waals surface area contributed by atoms with Crippen molar-refractivity contribution in [2.45, 2.75) is 0 Å². The van der Waals surface area contributed by atoms with E-state index in [1.54, 1.807) is 0 Å². The zero-order valence-corrected chi connectivity index (χ0v) is 16.5. The lowest BCUT2D eigenvalue weighted by Crippen LogP contribution is -1.80. The second-order valence-electron chi connectivity index (χ2n) is 7.12. The summed E-state index contributed by atoms with van der Waals surface area (Å²) < 4.78 is 7.53. The van der Waals surface area contributed by atoms with Crippen molar-refractivity contribution in [3.63, 3.8) is 0 Å². The third kappa shape index (κ3) is 2.25. The molecule has 0 atom stereocenters. The number of halogens is 1. The summed E-state index contributed by atoms with van der Waals surface area (Å²) in [6.45, 7) is 0. The average molecular weight is 423 g/mol. The highest BCUT2D eigenvalue weighted by molar-refractivity contribution is 9.10. The van der Waals surface area contributed by atoms with Crippen LogP contribution >= 0.6 is 15.9 Å². The summed E-state index contributed by atoms with van der Waals surface area (Å²) in [6.07, 6.45) is 0. The van der Waals surface area contributed by atoms with Crippen molar-refractivity contribution in [3.8, 4) is 11.1 Å². The first-order chi connectivity index (χ1) is 13.8. The number of benzene rings is 5. The number of fused-ring (bicyclic) bond motifs is 8. The maximum atomic E-state index is 6.45. The quantitative estimate of drug-likeness (QED) is 0.242. The predicted octanol–water partition coefficient (Wildman–Crippen LogP) is 8.32. The van der Waals surface area contributed by atoms with Crippen molar-refractivity contribution in [1.29, 1.82) is 0 Å². The minimum Gasteiger partial charge on any atom is -0.455 e. The van der Waals surface area contributed by atoms with E-state index in [1.807, 2.05) is 0 Å². The largest absolute Gasteiger partial charge is 0.455 e. The van der Waals surface area contributed by atoms with E-state index in [0.717, 1.165) is 32.0 Å². The summed E-state index contributed by atoms with van der Waals surface area (Å²) in [7, 11) is 0. The Kier molecular flexibility index (Phi) is 3.38. The molecule has 0 aliphatic rings. The standard InChI is InChI=1S/C26H15BrO/c27-18-12-9-16(10-13-18)17-11-14-23-24(15-17)28-26-22-8-4-2-6-20(22)19-5-1-3-7-21(19)25(23)26/h1-15H. The normalized spacial score (nSPS) is 11.8. The predicted molar refractivity (Wildman–Crippen MR) is 122 cm³/mol. The molecular formula is C26H15BrO. The first-order valence-corrected chi connectivity index (χ1v) is 10.1. The summed E-state index contributed by atoms with van der Waals surface area (Å²) in [5.41, 5.74) is 4.24. The molecule has 1 heterocycles. The van der Waals surface area contributed by atoms with Crippen molar-refractivity contribution in [3.05, 3.63) is 95.5 Å². The summed E-state index contributed by atoms with van der Waals surface area (Å²) in [5.74, 6) is 0. The molecule has 28 heavy (non-hydrogen) atoms. The van der Waals surface area contributed by atoms with Crippen LogP contribution in [0.5, 0.6) is 0 Å². The van der Waals surface area contributed by atoms with Crippen LogP contribution in [0.1, 0.15) is 0 Å². The Labute approximate surface area is 170 Å². The monoisotopic (exact) mass is 422 g/mol. The minimum atomic E-state index is 0.928. The molecule has 0 radical (unpaired) electrons. The van der Waals surface area contributed by atoms with E-state index < -0.39 is 0 Å². The maximum absolute atomic E-state index is 6.45. The highest BCUT2D eigenvalue weighted by Gasteiger charge is 2.15. The summed E-state index contributed by atoms with van der Waals surface area (Å²) in [6, 6.07) is 32.0. The molecule has 132 valence electrons. The van der Waals surface area contributed by atoms with E-state index in [2.05, 4.69) is 107 Å². The summed E-state index contributed by atoms with van der Waals surface area (Å²) >= 11 is 3.51. The zero-order chi connectivity index (χ0) is 18.7. The molecule has 6 rings (SSSR count). The van der Waals surface area contributed by atoms with E-state index in [1.165, 1.54) is 27.1 Å². The molecular weight excluding hydrogens is 408 g/mol. The van der Waals surface area contributed by atoms with E-state index >= 15 is 0 Å². The third-order valence-corrected chi connectivity index (χ3v) is 6.05. The zero-order valence-electron chi connectivity index (χ0n) is 14.9. The topological polar surface area (TPSA) is 13.1 Å². The molecule has 1 nitrogen and oxygen atoms in total. The molecule has 0 spiro atoms. The molecule has 0 saturated carbocycles. The lowest BCUT2D eigenvalue weighted by Gasteiger charge is -2.06. The van der Waals surface area contributed by atoms with E-state index in [0.29, 0.717) is 0 Å². The van der Waals surface area contributed by atoms with Crippen molar-refractivity contribution in [1.82, 2.24) is 0 Å². The molecule has 6 aromatic rings. The number of hydrogen-bond acceptors (Lipinski definition) is 1. The van der Waals surface area contributed by atoms with Gasteiger partial charge in [-0.3, -0.25) is 0 Å². The average Bonchev–Trinajstić information content (AvgIpc) is 3.14. The van der Waals surface area contributed by atoms with Crippen LogP contribution in [0.25, 0.3) is 54.6 Å². The highest BCUT2D eigenvalue weighted by atomic mass is 79.9. The fourth-order valence-electron chi connectivity index (χ4n) is 4.23. The van der Waals surface area contributed by atoms with Gasteiger partial charge in [-0.05, 0) is 51.6 Å². The molecule has 0 bridgehead atoms. The second-order valence-corrected chi connectivity index (χ2v) is 8.03. The Balaban J connectivity index is 1.75. The van der Waals surface area contributed by atoms with Gasteiger partial charge in [-0.1, -0.05) is 82.7 Å². The van der Waals surface area contributed by atoms with Crippen LogP contribution in [0.15, 0.2) is 99.9 Å². The van der Waals surface area contributed by atoms with Gasteiger partial charge >= 0.3 is 0 Å². The molecule has 0 amide bonds. The molecule has 1 aromatic heterocycles. The smallest absolute Gasteiger partial charge is 0.143 e. The minimum absolute atomic E-state index is 0.928. The van der Waals surface area contributed by atoms with Gasteiger partial charge in [-0.25, -0.2) is 0 Å². The summed E-state index contributed by atoms with van der Waals surface area (Å²) in [5, 5.41) is 7.27. The SMILES string of the molecule is Brc1ccc(-c2ccc3c(c2)oc2c4ccccc4c4ccccc4c32)cc1. The van der Waals surface area contributed by atoms with Crippen LogP contribution in [0.4, 0.5) is 0 Å². The molecule has 0 aliphatic carbocycles. The second kappa shape index (κ2) is 5.95. The highest BCUT2D eigenvalue weighted by Crippen LogP contribution is 2.41. The van der Waals surface area contributed by atoms with Crippen LogP contribution in [0, 0.1) is 0 Å². The van der Waals surface area contributed by atoms with E-state index in [-0.39, 0.29) is 0 Å². The Morgan fingerprint density at radius 2 is 1.14 bits per heavy atom. The van der Waals surface area contributed by atoms with Crippen molar-refractivity contribution in [2.75, 3.05) is 0 Å². The van der Waals surface area contributed by atoms with Gasteiger partial charge in [0.25, 0.3) is 0 Å². The van der Waals surface area contributed by atoms with Crippen LogP contribution in [0.3, 0.4) is 0 Å². The van der Waals surface area contributed by atoms with Crippen LogP contribution in [-0.2, 0) is 0 Å². The fraction of sp³-hybridized carbons (Fsp3) is 0. The Morgan fingerprint density at radius 3 is 1.89 bits per heavy atom. The maximum Gasteiger partial charge on any atom is 0.143 e. The van der Waals surface area contributed by atoms with E-state index in [4.69, 9.17) is 4.42 Å². The number of hydrogen-bond donors (Lipinski definition) is 0. The molecule has 0 aliphatic heterocycles. The third-order valence-electron chi connectivity index (χ3n) is 5.53. The Bertz CT molecular complexity index is 1510. The molecule has 0 N–H and O–H groups in total. The van der Waals surface area contributed by atoms with Crippen molar-refractivity contribution in [2.24, 2.45) is 0 Å². The van der Waals surface area contributed by atoms with Gasteiger partial charge in [0, 0.05) is 20.6 Å². The van der Waals surface area contributed by atoms with Crippen LogP contribution < -0.4 is 0 Å². The van der Waals surface area contributed by atoms with E-state index in [9.17, 15) is 0 Å². The fourth-order valence-corrected chi connectivity index (χ4v) is 4.49. The number of furan rings is 1. The Morgan fingerprint density at radius 1 is 0.536 bits per heavy atom. The van der Waals surface area contributed by atoms with Crippen LogP contribution in [-0.4, -0.2) is 0 Å². The van der Waals surface area contributed by atoms with Gasteiger partial charge in [0.1, 0.15) is 11.2 Å². The van der Waals surface area contributed by atoms with Gasteiger partial charge in [0.2, 0.25) is 0 Å². The first kappa shape index (κ1) is 15.9. The van der Waals surface area contributed by atoms with Crippen molar-refractivity contribution >= 4 is 59.4 Å².